The topological polar surface area (TPSA) is 68.0 Å². The van der Waals surface area contributed by atoms with Crippen LogP contribution in [-0.2, 0) is 6.54 Å². The number of aryl methyl sites for hydroxylation is 1. The average Bonchev–Trinajstić information content (AvgIpc) is 3.09. The second-order valence-electron chi connectivity index (χ2n) is 6.75. The Kier molecular flexibility index (Phi) is 10.9. The highest BCUT2D eigenvalue weighted by Gasteiger charge is 2.05. The van der Waals surface area contributed by atoms with Crippen LogP contribution in [0.4, 0.5) is 0 Å². The summed E-state index contributed by atoms with van der Waals surface area (Å²) in [6.45, 7) is 6.64. The molecule has 0 bridgehead atoms. The third-order valence-electron chi connectivity index (χ3n) is 4.48. The van der Waals surface area contributed by atoms with Gasteiger partial charge < -0.3 is 10.3 Å². The van der Waals surface area contributed by atoms with Crippen LogP contribution < -0.4 is 10.5 Å². The number of para-hydroxylation sites is 1. The molecule has 0 unspecified atom stereocenters. The Balaban J connectivity index is 2.13. The van der Waals surface area contributed by atoms with Gasteiger partial charge in [0.1, 0.15) is 0 Å². The van der Waals surface area contributed by atoms with Crippen molar-refractivity contribution in [2.45, 2.75) is 52.5 Å². The first-order chi connectivity index (χ1) is 14.3. The van der Waals surface area contributed by atoms with E-state index in [-0.39, 0.29) is 0 Å². The first-order valence-electron chi connectivity index (χ1n) is 10.5. The summed E-state index contributed by atoms with van der Waals surface area (Å²) in [5, 5.41) is 8.88. The van der Waals surface area contributed by atoms with Crippen LogP contribution >= 0.6 is 11.3 Å². The van der Waals surface area contributed by atoms with Gasteiger partial charge in [0, 0.05) is 19.3 Å². The third kappa shape index (κ3) is 7.91. The maximum absolute atomic E-state index is 5.46. The molecule has 5 nitrogen and oxygen atoms in total. The third-order valence-corrected chi connectivity index (χ3v) is 5.53. The number of hydrogen-bond donors (Lipinski definition) is 1. The standard InChI is InChI=1S/C23H33N5S/c1-3-5-6-9-18-28-21-13-7-8-14-22(21)29-23(28)27-26-19-20(4-2)12-10-16-25-17-11-15-24/h4,7-8,10,12-14,16,19H,3,5-6,9,11,15,17-18,24H2,1-2H3/b12-10-,20-4+,25-16+,26-19+,27-23-. The van der Waals surface area contributed by atoms with Crippen molar-refractivity contribution in [1.29, 1.82) is 0 Å². The fourth-order valence-corrected chi connectivity index (χ4v) is 3.85. The number of unbranched alkanes of at least 4 members (excludes halogenated alkanes) is 3. The van der Waals surface area contributed by atoms with E-state index in [1.165, 1.54) is 29.5 Å². The first kappa shape index (κ1) is 23.0. The number of aliphatic imine (C=N–C) groups is 1. The highest BCUT2D eigenvalue weighted by atomic mass is 32.1. The lowest BCUT2D eigenvalue weighted by Crippen LogP contribution is -2.14. The molecule has 1 aromatic carbocycles. The molecule has 2 rings (SSSR count). The average molecular weight is 412 g/mol. The van der Waals surface area contributed by atoms with E-state index in [4.69, 9.17) is 5.73 Å². The fraction of sp³-hybridized carbons (Fsp3) is 0.435. The number of fused-ring (bicyclic) bond motifs is 1. The predicted octanol–water partition coefficient (Wildman–Crippen LogP) is 5.09. The molecule has 29 heavy (non-hydrogen) atoms. The van der Waals surface area contributed by atoms with E-state index in [1.807, 2.05) is 25.2 Å². The number of allylic oxidation sites excluding steroid dienone is 4. The molecule has 0 aliphatic rings. The maximum Gasteiger partial charge on any atom is 0.211 e. The Morgan fingerprint density at radius 2 is 2.03 bits per heavy atom. The summed E-state index contributed by atoms with van der Waals surface area (Å²) in [5.41, 5.74) is 7.70. The zero-order chi connectivity index (χ0) is 20.7. The Bertz CT molecular complexity index is 915. The van der Waals surface area contributed by atoms with E-state index in [2.05, 4.69) is 51.0 Å². The van der Waals surface area contributed by atoms with Crippen LogP contribution in [0.2, 0.25) is 0 Å². The molecule has 0 aliphatic heterocycles. The molecule has 0 saturated heterocycles. The van der Waals surface area contributed by atoms with Gasteiger partial charge in [0.25, 0.3) is 0 Å². The molecule has 0 spiro atoms. The molecule has 0 amide bonds. The number of hydrogen-bond acceptors (Lipinski definition) is 5. The summed E-state index contributed by atoms with van der Waals surface area (Å²) in [7, 11) is 0. The number of thiazole rings is 1. The van der Waals surface area contributed by atoms with E-state index >= 15 is 0 Å². The normalized spacial score (nSPS) is 13.8. The fourth-order valence-electron chi connectivity index (χ4n) is 2.84. The number of benzene rings is 1. The van der Waals surface area contributed by atoms with Crippen molar-refractivity contribution in [1.82, 2.24) is 4.57 Å². The highest BCUT2D eigenvalue weighted by molar-refractivity contribution is 7.16. The zero-order valence-corrected chi connectivity index (χ0v) is 18.4. The van der Waals surface area contributed by atoms with Crippen LogP contribution in [0, 0.1) is 0 Å². The Morgan fingerprint density at radius 3 is 2.83 bits per heavy atom. The number of aromatic nitrogens is 1. The molecule has 2 aromatic rings. The number of nitrogens with two attached hydrogens (primary N) is 1. The van der Waals surface area contributed by atoms with Crippen molar-refractivity contribution in [2.24, 2.45) is 20.9 Å². The van der Waals surface area contributed by atoms with Crippen molar-refractivity contribution < 1.29 is 0 Å². The largest absolute Gasteiger partial charge is 0.330 e. The van der Waals surface area contributed by atoms with E-state index < -0.39 is 0 Å². The quantitative estimate of drug-likeness (QED) is 0.225. The molecule has 0 atom stereocenters. The number of nitrogens with zero attached hydrogens (tertiary/aromatic N) is 4. The lowest BCUT2D eigenvalue weighted by Gasteiger charge is -2.04. The minimum atomic E-state index is 0.672. The van der Waals surface area contributed by atoms with Crippen molar-refractivity contribution in [3.63, 3.8) is 0 Å². The van der Waals surface area contributed by atoms with Gasteiger partial charge in [-0.2, -0.15) is 5.10 Å². The van der Waals surface area contributed by atoms with Crippen LogP contribution in [0.15, 0.2) is 63.3 Å². The molecule has 0 fully saturated rings. The lowest BCUT2D eigenvalue weighted by atomic mass is 10.2. The van der Waals surface area contributed by atoms with Gasteiger partial charge in [0.2, 0.25) is 4.80 Å². The van der Waals surface area contributed by atoms with Gasteiger partial charge in [-0.15, -0.1) is 5.10 Å². The van der Waals surface area contributed by atoms with Crippen LogP contribution in [0.25, 0.3) is 10.2 Å². The molecule has 6 heteroatoms. The van der Waals surface area contributed by atoms with Crippen molar-refractivity contribution in [3.8, 4) is 0 Å². The Labute approximate surface area is 178 Å². The maximum atomic E-state index is 5.46. The molecule has 0 aliphatic carbocycles. The molecule has 1 heterocycles. The monoisotopic (exact) mass is 411 g/mol. The van der Waals surface area contributed by atoms with Gasteiger partial charge in [-0.1, -0.05) is 61.8 Å². The van der Waals surface area contributed by atoms with Crippen molar-refractivity contribution in [3.05, 3.63) is 52.9 Å². The van der Waals surface area contributed by atoms with Crippen molar-refractivity contribution >= 4 is 34.0 Å². The lowest BCUT2D eigenvalue weighted by molar-refractivity contribution is 0.583. The molecule has 156 valence electrons. The molecule has 1 aromatic heterocycles. The van der Waals surface area contributed by atoms with Gasteiger partial charge in [-0.3, -0.25) is 4.99 Å². The van der Waals surface area contributed by atoms with Crippen LogP contribution in [0.1, 0.15) is 46.0 Å². The summed E-state index contributed by atoms with van der Waals surface area (Å²) in [6.07, 6.45) is 15.3. The minimum Gasteiger partial charge on any atom is -0.330 e. The molecule has 0 radical (unpaired) electrons. The van der Waals surface area contributed by atoms with E-state index in [9.17, 15) is 0 Å². The van der Waals surface area contributed by atoms with Crippen LogP contribution in [-0.4, -0.2) is 30.1 Å². The van der Waals surface area contributed by atoms with E-state index in [0.29, 0.717) is 6.54 Å². The summed E-state index contributed by atoms with van der Waals surface area (Å²) in [5.74, 6) is 0. The second kappa shape index (κ2) is 13.8. The van der Waals surface area contributed by atoms with Gasteiger partial charge >= 0.3 is 0 Å². The van der Waals surface area contributed by atoms with Crippen LogP contribution in [0.3, 0.4) is 0 Å². The first-order valence-corrected chi connectivity index (χ1v) is 11.3. The van der Waals surface area contributed by atoms with Crippen LogP contribution in [0.5, 0.6) is 0 Å². The van der Waals surface area contributed by atoms with Gasteiger partial charge in [0.05, 0.1) is 16.4 Å². The van der Waals surface area contributed by atoms with Crippen molar-refractivity contribution in [2.75, 3.05) is 13.1 Å². The summed E-state index contributed by atoms with van der Waals surface area (Å²) in [4.78, 5) is 5.23. The Morgan fingerprint density at radius 1 is 1.17 bits per heavy atom. The van der Waals surface area contributed by atoms with Gasteiger partial charge in [-0.05, 0) is 50.1 Å². The summed E-state index contributed by atoms with van der Waals surface area (Å²) in [6, 6.07) is 8.47. The molecule has 2 N–H and O–H groups in total. The summed E-state index contributed by atoms with van der Waals surface area (Å²) >= 11 is 1.69. The zero-order valence-electron chi connectivity index (χ0n) is 17.6. The molecular formula is C23H33N5S. The smallest absolute Gasteiger partial charge is 0.211 e. The van der Waals surface area contributed by atoms with Gasteiger partial charge in [-0.25, -0.2) is 0 Å². The number of rotatable bonds is 12. The predicted molar refractivity (Wildman–Crippen MR) is 128 cm³/mol. The molecular weight excluding hydrogens is 378 g/mol. The second-order valence-corrected chi connectivity index (χ2v) is 7.76. The van der Waals surface area contributed by atoms with E-state index in [1.54, 1.807) is 23.8 Å². The SMILES string of the molecule is C/C=C(\C=C/C=N/CCCN)/C=N/N=c1\sc2ccccc2n1CCCCCC. The van der Waals surface area contributed by atoms with Gasteiger partial charge in [0.15, 0.2) is 0 Å². The highest BCUT2D eigenvalue weighted by Crippen LogP contribution is 2.17. The Hall–Kier alpha value is -2.31. The summed E-state index contributed by atoms with van der Waals surface area (Å²) < 4.78 is 3.54. The van der Waals surface area contributed by atoms with E-state index in [0.717, 1.165) is 36.3 Å². The minimum absolute atomic E-state index is 0.672. The molecule has 0 saturated carbocycles.